The number of aromatic nitrogens is 1. The zero-order valence-electron chi connectivity index (χ0n) is 11.7. The molecule has 108 valence electrons. The van der Waals surface area contributed by atoms with Crippen LogP contribution in [0.4, 0.5) is 11.4 Å². The molecule has 6 heteroatoms. The number of nitrogens with two attached hydrogens (primary N) is 1. The van der Waals surface area contributed by atoms with Crippen LogP contribution < -0.4 is 11.1 Å². The lowest BCUT2D eigenvalue weighted by molar-refractivity contribution is 0.0600. The number of carbonyl (C=O) groups excluding carboxylic acids is 2. The molecule has 0 spiro atoms. The highest BCUT2D eigenvalue weighted by Crippen LogP contribution is 2.18. The number of amides is 1. The first-order valence-electron chi connectivity index (χ1n) is 6.23. The van der Waals surface area contributed by atoms with Crippen LogP contribution in [0.25, 0.3) is 0 Å². The zero-order valence-corrected chi connectivity index (χ0v) is 11.7. The van der Waals surface area contributed by atoms with Gasteiger partial charge in [0.2, 0.25) is 0 Å². The third-order valence-corrected chi connectivity index (χ3v) is 2.93. The van der Waals surface area contributed by atoms with Gasteiger partial charge in [0.05, 0.1) is 24.6 Å². The maximum absolute atomic E-state index is 12.1. The number of nitrogens with zero attached hydrogens (tertiary/aromatic N) is 1. The van der Waals surface area contributed by atoms with E-state index in [0.717, 1.165) is 5.56 Å². The number of carbonyl (C=O) groups is 2. The van der Waals surface area contributed by atoms with Crippen LogP contribution in [0.5, 0.6) is 0 Å². The second kappa shape index (κ2) is 6.04. The van der Waals surface area contributed by atoms with Crippen LogP contribution in [0.15, 0.2) is 36.5 Å². The van der Waals surface area contributed by atoms with Gasteiger partial charge in [-0.25, -0.2) is 9.78 Å². The molecule has 0 saturated heterocycles. The maximum atomic E-state index is 12.1. The number of aryl methyl sites for hydroxylation is 1. The van der Waals surface area contributed by atoms with Crippen molar-refractivity contribution in [2.75, 3.05) is 18.2 Å². The molecule has 0 saturated carbocycles. The maximum Gasteiger partial charge on any atom is 0.337 e. The molecule has 21 heavy (non-hydrogen) atoms. The molecule has 0 radical (unpaired) electrons. The first-order valence-corrected chi connectivity index (χ1v) is 6.23. The number of benzene rings is 1. The average molecular weight is 285 g/mol. The van der Waals surface area contributed by atoms with E-state index in [0.29, 0.717) is 16.9 Å². The molecule has 6 nitrogen and oxygen atoms in total. The number of methoxy groups -OCH3 is 1. The summed E-state index contributed by atoms with van der Waals surface area (Å²) in [6.45, 7) is 1.83. The van der Waals surface area contributed by atoms with Gasteiger partial charge in [0.25, 0.3) is 5.91 Å². The van der Waals surface area contributed by atoms with Gasteiger partial charge >= 0.3 is 5.97 Å². The Morgan fingerprint density at radius 1 is 1.24 bits per heavy atom. The predicted molar refractivity (Wildman–Crippen MR) is 79.1 cm³/mol. The summed E-state index contributed by atoms with van der Waals surface area (Å²) in [5.41, 5.74) is 7.97. The number of nitrogens with one attached hydrogen (secondary N) is 1. The Morgan fingerprint density at radius 3 is 2.62 bits per heavy atom. The van der Waals surface area contributed by atoms with Crippen molar-refractivity contribution in [2.45, 2.75) is 6.92 Å². The summed E-state index contributed by atoms with van der Waals surface area (Å²) < 4.78 is 4.66. The minimum Gasteiger partial charge on any atom is -0.465 e. The number of pyridine rings is 1. The molecule has 1 aromatic heterocycles. The molecular formula is C15H15N3O3. The number of rotatable bonds is 3. The predicted octanol–water partition coefficient (Wildman–Crippen LogP) is 2.01. The normalized spacial score (nSPS) is 10.0. The van der Waals surface area contributed by atoms with Gasteiger partial charge < -0.3 is 15.8 Å². The molecule has 1 amide bonds. The van der Waals surface area contributed by atoms with Gasteiger partial charge in [-0.2, -0.15) is 0 Å². The Balaban J connectivity index is 2.24. The van der Waals surface area contributed by atoms with Crippen LogP contribution in [-0.4, -0.2) is 24.0 Å². The lowest BCUT2D eigenvalue weighted by Crippen LogP contribution is -2.15. The van der Waals surface area contributed by atoms with E-state index in [-0.39, 0.29) is 11.6 Å². The number of ether oxygens (including phenoxy) is 1. The van der Waals surface area contributed by atoms with E-state index >= 15 is 0 Å². The van der Waals surface area contributed by atoms with Crippen molar-refractivity contribution in [3.63, 3.8) is 0 Å². The molecule has 2 rings (SSSR count). The summed E-state index contributed by atoms with van der Waals surface area (Å²) in [5, 5.41) is 2.72. The van der Waals surface area contributed by atoms with Crippen LogP contribution in [0.2, 0.25) is 0 Å². The first-order chi connectivity index (χ1) is 10.0. The molecule has 1 heterocycles. The van der Waals surface area contributed by atoms with Crippen molar-refractivity contribution >= 4 is 23.3 Å². The van der Waals surface area contributed by atoms with E-state index in [4.69, 9.17) is 5.73 Å². The molecule has 0 bridgehead atoms. The SMILES string of the molecule is COC(=O)c1ccc(C)c(NC(=O)c2ccc(N)cn2)c1. The largest absolute Gasteiger partial charge is 0.465 e. The van der Waals surface area contributed by atoms with Crippen molar-refractivity contribution in [1.29, 1.82) is 0 Å². The van der Waals surface area contributed by atoms with Crippen LogP contribution in [0, 0.1) is 6.92 Å². The Hall–Kier alpha value is -2.89. The molecule has 0 atom stereocenters. The highest BCUT2D eigenvalue weighted by molar-refractivity contribution is 6.04. The van der Waals surface area contributed by atoms with E-state index < -0.39 is 5.97 Å². The fourth-order valence-corrected chi connectivity index (χ4v) is 1.73. The molecule has 0 aliphatic carbocycles. The standard InChI is InChI=1S/C15H15N3O3/c1-9-3-4-10(15(20)21-2)7-13(9)18-14(19)12-6-5-11(16)8-17-12/h3-8H,16H2,1-2H3,(H,18,19). The fourth-order valence-electron chi connectivity index (χ4n) is 1.73. The van der Waals surface area contributed by atoms with E-state index in [1.54, 1.807) is 24.3 Å². The minimum absolute atomic E-state index is 0.243. The highest BCUT2D eigenvalue weighted by Gasteiger charge is 2.12. The molecule has 2 aromatic rings. The molecule has 0 aliphatic heterocycles. The lowest BCUT2D eigenvalue weighted by atomic mass is 10.1. The Kier molecular flexibility index (Phi) is 4.18. The van der Waals surface area contributed by atoms with E-state index in [2.05, 4.69) is 15.0 Å². The first kappa shape index (κ1) is 14.5. The van der Waals surface area contributed by atoms with Crippen molar-refractivity contribution in [1.82, 2.24) is 4.98 Å². The monoisotopic (exact) mass is 285 g/mol. The van der Waals surface area contributed by atoms with Crippen molar-refractivity contribution in [2.24, 2.45) is 0 Å². The van der Waals surface area contributed by atoms with Gasteiger partial charge in [0, 0.05) is 5.69 Å². The Bertz CT molecular complexity index is 681. The van der Waals surface area contributed by atoms with Gasteiger partial charge in [-0.15, -0.1) is 0 Å². The van der Waals surface area contributed by atoms with E-state index in [1.165, 1.54) is 19.4 Å². The fraction of sp³-hybridized carbons (Fsp3) is 0.133. The topological polar surface area (TPSA) is 94.3 Å². The third kappa shape index (κ3) is 3.36. The Labute approximate surface area is 121 Å². The summed E-state index contributed by atoms with van der Waals surface area (Å²) in [5.74, 6) is -0.837. The van der Waals surface area contributed by atoms with Gasteiger partial charge in [0.1, 0.15) is 5.69 Å². The third-order valence-electron chi connectivity index (χ3n) is 2.93. The number of hydrogen-bond donors (Lipinski definition) is 2. The van der Waals surface area contributed by atoms with Crippen LogP contribution in [-0.2, 0) is 4.74 Å². The smallest absolute Gasteiger partial charge is 0.337 e. The average Bonchev–Trinajstić information content (AvgIpc) is 2.49. The second-order valence-corrected chi connectivity index (χ2v) is 4.45. The molecule has 3 N–H and O–H groups in total. The van der Waals surface area contributed by atoms with Crippen molar-refractivity contribution < 1.29 is 14.3 Å². The molecule has 0 unspecified atom stereocenters. The molecule has 0 aliphatic rings. The summed E-state index contributed by atoms with van der Waals surface area (Å²) in [6, 6.07) is 8.07. The van der Waals surface area contributed by atoms with E-state index in [9.17, 15) is 9.59 Å². The van der Waals surface area contributed by atoms with Crippen molar-refractivity contribution in [3.05, 3.63) is 53.3 Å². The molecular weight excluding hydrogens is 270 g/mol. The van der Waals surface area contributed by atoms with E-state index in [1.807, 2.05) is 6.92 Å². The number of nitrogen functional groups attached to an aromatic ring is 1. The van der Waals surface area contributed by atoms with Crippen molar-refractivity contribution in [3.8, 4) is 0 Å². The van der Waals surface area contributed by atoms with Gasteiger partial charge in [-0.05, 0) is 36.8 Å². The number of hydrogen-bond acceptors (Lipinski definition) is 5. The quantitative estimate of drug-likeness (QED) is 0.841. The second-order valence-electron chi connectivity index (χ2n) is 4.45. The molecule has 0 fully saturated rings. The van der Waals surface area contributed by atoms with Gasteiger partial charge in [0.15, 0.2) is 0 Å². The van der Waals surface area contributed by atoms with Crippen LogP contribution in [0.3, 0.4) is 0 Å². The lowest BCUT2D eigenvalue weighted by Gasteiger charge is -2.09. The van der Waals surface area contributed by atoms with Crippen LogP contribution in [0.1, 0.15) is 26.4 Å². The highest BCUT2D eigenvalue weighted by atomic mass is 16.5. The van der Waals surface area contributed by atoms with Gasteiger partial charge in [-0.1, -0.05) is 6.07 Å². The zero-order chi connectivity index (χ0) is 15.4. The number of esters is 1. The molecule has 1 aromatic carbocycles. The summed E-state index contributed by atoms with van der Waals surface area (Å²) in [4.78, 5) is 27.6. The van der Waals surface area contributed by atoms with Gasteiger partial charge in [-0.3, -0.25) is 4.79 Å². The summed E-state index contributed by atoms with van der Waals surface area (Å²) in [7, 11) is 1.30. The van der Waals surface area contributed by atoms with Crippen LogP contribution >= 0.6 is 0 Å². The number of anilines is 2. The summed E-state index contributed by atoms with van der Waals surface area (Å²) >= 11 is 0. The Morgan fingerprint density at radius 2 is 2.00 bits per heavy atom. The minimum atomic E-state index is -0.462. The summed E-state index contributed by atoms with van der Waals surface area (Å²) in [6.07, 6.45) is 1.41.